The van der Waals surface area contributed by atoms with Crippen LogP contribution in [0.3, 0.4) is 0 Å². The second-order valence-corrected chi connectivity index (χ2v) is 11.7. The number of benzene rings is 2. The highest BCUT2D eigenvalue weighted by Crippen LogP contribution is 2.39. The van der Waals surface area contributed by atoms with Crippen LogP contribution in [0.2, 0.25) is 10.0 Å². The number of amides is 1. The Morgan fingerprint density at radius 3 is 2.71 bits per heavy atom. The van der Waals surface area contributed by atoms with Crippen LogP contribution in [-0.4, -0.2) is 27.7 Å². The Labute approximate surface area is 216 Å². The number of nitrogens with zero attached hydrogens (tertiary/aromatic N) is 2. The van der Waals surface area contributed by atoms with E-state index < -0.39 is 11.2 Å². The number of carbonyl (C=O) groups excluding carboxylic acids is 1. The molecule has 4 rings (SSSR count). The van der Waals surface area contributed by atoms with Gasteiger partial charge < -0.3 is 9.87 Å². The topological polar surface area (TPSA) is 79.2 Å². The molecule has 1 aliphatic rings. The van der Waals surface area contributed by atoms with E-state index in [0.717, 1.165) is 32.9 Å². The van der Waals surface area contributed by atoms with Gasteiger partial charge in [-0.3, -0.25) is 9.69 Å². The Bertz CT molecular complexity index is 1250. The Morgan fingerprint density at radius 2 is 2.03 bits per heavy atom. The lowest BCUT2D eigenvalue weighted by atomic mass is 9.99. The van der Waals surface area contributed by atoms with Crippen LogP contribution in [0.1, 0.15) is 34.1 Å². The third-order valence-corrected chi connectivity index (χ3v) is 8.63. The molecule has 1 N–H and O–H groups in total. The third kappa shape index (κ3) is 5.60. The van der Waals surface area contributed by atoms with Crippen LogP contribution >= 0.6 is 34.5 Å². The molecule has 1 aliphatic heterocycles. The van der Waals surface area contributed by atoms with Crippen molar-refractivity contribution < 1.29 is 9.35 Å². The first-order valence-electron chi connectivity index (χ1n) is 10.7. The maximum Gasteiger partial charge on any atom is 0.229 e. The van der Waals surface area contributed by atoms with Gasteiger partial charge in [0.2, 0.25) is 5.91 Å². The molecule has 2 aromatic carbocycles. The predicted octanol–water partition coefficient (Wildman–Crippen LogP) is 5.79. The molecule has 0 bridgehead atoms. The van der Waals surface area contributed by atoms with Crippen LogP contribution in [0.25, 0.3) is 0 Å². The van der Waals surface area contributed by atoms with Crippen LogP contribution in [-0.2, 0) is 41.9 Å². The molecule has 0 fully saturated rings. The van der Waals surface area contributed by atoms with Gasteiger partial charge in [-0.2, -0.15) is 5.26 Å². The minimum atomic E-state index is -1.06. The van der Waals surface area contributed by atoms with E-state index in [1.165, 1.54) is 11.3 Å². The van der Waals surface area contributed by atoms with E-state index >= 15 is 0 Å². The molecule has 2 heterocycles. The van der Waals surface area contributed by atoms with Crippen molar-refractivity contribution in [3.05, 3.63) is 79.6 Å². The summed E-state index contributed by atoms with van der Waals surface area (Å²) in [5.41, 5.74) is 3.27. The zero-order valence-corrected chi connectivity index (χ0v) is 21.9. The summed E-state index contributed by atoms with van der Waals surface area (Å²) >= 11 is 13.0. The lowest BCUT2D eigenvalue weighted by Gasteiger charge is -2.33. The van der Waals surface area contributed by atoms with Gasteiger partial charge in [-0.25, -0.2) is 0 Å². The summed E-state index contributed by atoms with van der Waals surface area (Å²) in [6, 6.07) is 15.1. The first-order chi connectivity index (χ1) is 16.2. The van der Waals surface area contributed by atoms with Gasteiger partial charge in [0.1, 0.15) is 17.3 Å². The van der Waals surface area contributed by atoms with Gasteiger partial charge in [-0.15, -0.1) is 11.3 Å². The molecule has 5 nitrogen and oxygen atoms in total. The number of thiophene rings is 1. The smallest absolute Gasteiger partial charge is 0.229 e. The lowest BCUT2D eigenvalue weighted by Crippen LogP contribution is -2.37. The largest absolute Gasteiger partial charge is 0.612 e. The second kappa shape index (κ2) is 10.7. The van der Waals surface area contributed by atoms with E-state index in [1.54, 1.807) is 30.5 Å². The Morgan fingerprint density at radius 1 is 1.29 bits per heavy atom. The van der Waals surface area contributed by atoms with Crippen molar-refractivity contribution in [2.24, 2.45) is 0 Å². The highest BCUT2D eigenvalue weighted by molar-refractivity contribution is 7.90. The van der Waals surface area contributed by atoms with Gasteiger partial charge >= 0.3 is 0 Å². The molecule has 2 atom stereocenters. The molecule has 9 heteroatoms. The van der Waals surface area contributed by atoms with Gasteiger partial charge in [0.05, 0.1) is 12.0 Å². The van der Waals surface area contributed by atoms with Crippen LogP contribution < -0.4 is 5.32 Å². The number of rotatable bonds is 6. The Hall–Kier alpha value is -2.05. The van der Waals surface area contributed by atoms with Gasteiger partial charge in [-0.1, -0.05) is 35.3 Å². The lowest BCUT2D eigenvalue weighted by molar-refractivity contribution is -0.115. The molecule has 0 aliphatic carbocycles. The van der Waals surface area contributed by atoms with Gasteiger partial charge in [0.15, 0.2) is 4.90 Å². The average Bonchev–Trinajstić information content (AvgIpc) is 3.12. The van der Waals surface area contributed by atoms with Crippen molar-refractivity contribution in [3.8, 4) is 6.07 Å². The van der Waals surface area contributed by atoms with Gasteiger partial charge in [0.25, 0.3) is 0 Å². The molecular formula is C25H23Cl2N3O2S2. The fourth-order valence-electron chi connectivity index (χ4n) is 4.06. The summed E-state index contributed by atoms with van der Waals surface area (Å²) in [7, 11) is 0. The van der Waals surface area contributed by atoms with E-state index in [0.29, 0.717) is 33.7 Å². The van der Waals surface area contributed by atoms with Crippen molar-refractivity contribution >= 4 is 56.6 Å². The average molecular weight is 533 g/mol. The fraction of sp³-hybridized carbons (Fsp3) is 0.280. The molecule has 34 heavy (non-hydrogen) atoms. The summed E-state index contributed by atoms with van der Waals surface area (Å²) in [5.74, 6) is -0.184. The molecule has 0 radical (unpaired) electrons. The third-order valence-electron chi connectivity index (χ3n) is 5.92. The Kier molecular flexibility index (Phi) is 7.88. The predicted molar refractivity (Wildman–Crippen MR) is 139 cm³/mol. The van der Waals surface area contributed by atoms with E-state index in [4.69, 9.17) is 23.2 Å². The fourth-order valence-corrected chi connectivity index (χ4v) is 6.25. The first kappa shape index (κ1) is 25.1. The molecular weight excluding hydrogens is 509 g/mol. The van der Waals surface area contributed by atoms with Crippen molar-refractivity contribution in [1.29, 1.82) is 5.26 Å². The maximum atomic E-state index is 12.7. The van der Waals surface area contributed by atoms with Crippen molar-refractivity contribution in [2.75, 3.05) is 11.6 Å². The Balaban J connectivity index is 1.49. The monoisotopic (exact) mass is 531 g/mol. The summed E-state index contributed by atoms with van der Waals surface area (Å²) in [6.45, 7) is 3.38. The number of nitrogens with one attached hydrogen (secondary N) is 1. The van der Waals surface area contributed by atoms with E-state index in [2.05, 4.69) is 23.2 Å². The number of anilines is 1. The maximum absolute atomic E-state index is 12.7. The quantitative estimate of drug-likeness (QED) is 0.408. The summed E-state index contributed by atoms with van der Waals surface area (Å²) in [6.07, 6.45) is 2.59. The number of halogens is 2. The second-order valence-electron chi connectivity index (χ2n) is 8.34. The minimum absolute atomic E-state index is 0.180. The van der Waals surface area contributed by atoms with E-state index in [-0.39, 0.29) is 18.4 Å². The molecule has 1 amide bonds. The van der Waals surface area contributed by atoms with Crippen LogP contribution in [0.15, 0.2) is 47.4 Å². The van der Waals surface area contributed by atoms with E-state index in [1.807, 2.05) is 18.2 Å². The molecule has 0 saturated heterocycles. The minimum Gasteiger partial charge on any atom is -0.612 e. The van der Waals surface area contributed by atoms with E-state index in [9.17, 15) is 14.6 Å². The van der Waals surface area contributed by atoms with Gasteiger partial charge in [-0.05, 0) is 66.0 Å². The summed E-state index contributed by atoms with van der Waals surface area (Å²) in [4.78, 5) is 16.8. The highest BCUT2D eigenvalue weighted by atomic mass is 35.5. The molecule has 1 aromatic heterocycles. The molecule has 3 aromatic rings. The number of carbonyl (C=O) groups is 1. The van der Waals surface area contributed by atoms with Crippen LogP contribution in [0.4, 0.5) is 5.00 Å². The van der Waals surface area contributed by atoms with Gasteiger partial charge in [0, 0.05) is 39.6 Å². The number of hydrogen-bond donors (Lipinski definition) is 1. The SMILES string of the molecule is CC1Cc2sc(NC(=O)Cc3ccc([S+](C)[O-])cc3)c(C#N)c2CN1Cc1cc(Cl)ccc1Cl. The first-order valence-corrected chi connectivity index (χ1v) is 13.8. The number of fused-ring (bicyclic) bond motifs is 1. The van der Waals surface area contributed by atoms with Crippen LogP contribution in [0, 0.1) is 11.3 Å². The zero-order chi connectivity index (χ0) is 24.4. The molecule has 2 unspecified atom stereocenters. The normalized spacial score (nSPS) is 16.5. The summed E-state index contributed by atoms with van der Waals surface area (Å²) in [5, 5.41) is 14.7. The van der Waals surface area contributed by atoms with Crippen molar-refractivity contribution in [1.82, 2.24) is 4.90 Å². The molecule has 176 valence electrons. The summed E-state index contributed by atoms with van der Waals surface area (Å²) < 4.78 is 11.6. The van der Waals surface area contributed by atoms with Crippen molar-refractivity contribution in [2.45, 2.75) is 43.8 Å². The van der Waals surface area contributed by atoms with Crippen molar-refractivity contribution in [3.63, 3.8) is 0 Å². The highest BCUT2D eigenvalue weighted by Gasteiger charge is 2.30. The molecule has 0 saturated carbocycles. The number of hydrogen-bond acceptors (Lipinski definition) is 5. The van der Waals surface area contributed by atoms with Crippen LogP contribution in [0.5, 0.6) is 0 Å². The number of nitriles is 1. The standard InChI is InChI=1S/C25H23Cl2N3O2S2/c1-15-9-23-21(14-30(15)13-17-11-18(26)5-8-22(17)27)20(12-28)25(33-23)29-24(31)10-16-3-6-19(7-4-16)34(2)32/h3-8,11,15H,9-10,13-14H2,1-2H3,(H,29,31). The molecule has 0 spiro atoms. The zero-order valence-electron chi connectivity index (χ0n) is 18.7.